The van der Waals surface area contributed by atoms with Crippen molar-refractivity contribution in [2.45, 2.75) is 13.5 Å². The summed E-state index contributed by atoms with van der Waals surface area (Å²) in [4.78, 5) is 12.2. The number of nitrogens with two attached hydrogens (primary N) is 1. The van der Waals surface area contributed by atoms with Gasteiger partial charge in [0.2, 0.25) is 0 Å². The Morgan fingerprint density at radius 3 is 2.71 bits per heavy atom. The molecule has 21 heavy (non-hydrogen) atoms. The first-order chi connectivity index (χ1) is 10.0. The second-order valence-corrected chi connectivity index (χ2v) is 4.63. The monoisotopic (exact) mass is 288 g/mol. The van der Waals surface area contributed by atoms with Crippen molar-refractivity contribution >= 4 is 11.6 Å². The number of benzene rings is 2. The van der Waals surface area contributed by atoms with Gasteiger partial charge in [-0.05, 0) is 36.2 Å². The Kier molecular flexibility index (Phi) is 4.42. The Morgan fingerprint density at radius 2 is 2.00 bits per heavy atom. The highest BCUT2D eigenvalue weighted by molar-refractivity contribution is 5.97. The van der Waals surface area contributed by atoms with Crippen LogP contribution in [0.1, 0.15) is 21.5 Å². The van der Waals surface area contributed by atoms with E-state index < -0.39 is 11.7 Å². The number of hydrogen-bond donors (Lipinski definition) is 2. The minimum Gasteiger partial charge on any atom is -0.496 e. The second kappa shape index (κ2) is 6.26. The van der Waals surface area contributed by atoms with Crippen LogP contribution >= 0.6 is 0 Å². The molecule has 2 aromatic carbocycles. The number of rotatable bonds is 4. The lowest BCUT2D eigenvalue weighted by Crippen LogP contribution is -2.25. The molecule has 0 radical (unpaired) electrons. The molecule has 0 unspecified atom stereocenters. The Hall–Kier alpha value is -2.56. The maximum atomic E-state index is 13.8. The van der Waals surface area contributed by atoms with Gasteiger partial charge in [-0.25, -0.2) is 4.39 Å². The van der Waals surface area contributed by atoms with Gasteiger partial charge in [-0.15, -0.1) is 0 Å². The van der Waals surface area contributed by atoms with Gasteiger partial charge < -0.3 is 15.8 Å². The fourth-order valence-electron chi connectivity index (χ4n) is 2.05. The smallest absolute Gasteiger partial charge is 0.258 e. The van der Waals surface area contributed by atoms with Crippen molar-refractivity contribution in [2.75, 3.05) is 12.8 Å². The van der Waals surface area contributed by atoms with Crippen LogP contribution in [0.3, 0.4) is 0 Å². The van der Waals surface area contributed by atoms with Crippen LogP contribution in [-0.4, -0.2) is 13.0 Å². The molecule has 4 nitrogen and oxygen atoms in total. The highest BCUT2D eigenvalue weighted by Gasteiger charge is 2.17. The van der Waals surface area contributed by atoms with Crippen molar-refractivity contribution in [1.82, 2.24) is 5.32 Å². The van der Waals surface area contributed by atoms with E-state index in [9.17, 15) is 9.18 Å². The van der Waals surface area contributed by atoms with Gasteiger partial charge >= 0.3 is 0 Å². The first-order valence-corrected chi connectivity index (χ1v) is 6.49. The molecular weight excluding hydrogens is 271 g/mol. The molecule has 0 spiro atoms. The van der Waals surface area contributed by atoms with E-state index in [0.29, 0.717) is 5.69 Å². The molecule has 110 valence electrons. The highest BCUT2D eigenvalue weighted by Crippen LogP contribution is 2.21. The van der Waals surface area contributed by atoms with Gasteiger partial charge in [0.1, 0.15) is 17.1 Å². The summed E-state index contributed by atoms with van der Waals surface area (Å²) < 4.78 is 18.8. The van der Waals surface area contributed by atoms with Crippen LogP contribution in [0.2, 0.25) is 0 Å². The third kappa shape index (κ3) is 3.13. The van der Waals surface area contributed by atoms with Crippen molar-refractivity contribution in [3.05, 3.63) is 58.9 Å². The lowest BCUT2D eigenvalue weighted by molar-refractivity contribution is 0.0943. The molecule has 0 aliphatic carbocycles. The molecule has 0 saturated carbocycles. The van der Waals surface area contributed by atoms with Crippen molar-refractivity contribution in [2.24, 2.45) is 0 Å². The fourth-order valence-corrected chi connectivity index (χ4v) is 2.05. The standard InChI is InChI=1S/C16H17FN2O2/c1-10-11(5-3-7-13(10)18)9-19-16(20)15-12(17)6-4-8-14(15)21-2/h3-8H,9,18H2,1-2H3,(H,19,20). The number of nitrogens with one attached hydrogen (secondary N) is 1. The molecule has 3 N–H and O–H groups in total. The van der Waals surface area contributed by atoms with E-state index in [1.807, 2.05) is 19.1 Å². The lowest BCUT2D eigenvalue weighted by atomic mass is 10.1. The zero-order chi connectivity index (χ0) is 15.4. The van der Waals surface area contributed by atoms with Crippen LogP contribution < -0.4 is 15.8 Å². The number of amides is 1. The first-order valence-electron chi connectivity index (χ1n) is 6.49. The molecule has 0 atom stereocenters. The summed E-state index contributed by atoms with van der Waals surface area (Å²) in [6.07, 6.45) is 0. The molecule has 0 fully saturated rings. The van der Waals surface area contributed by atoms with Crippen LogP contribution in [0.25, 0.3) is 0 Å². The number of hydrogen-bond acceptors (Lipinski definition) is 3. The summed E-state index contributed by atoms with van der Waals surface area (Å²) >= 11 is 0. The first kappa shape index (κ1) is 14.8. The van der Waals surface area contributed by atoms with E-state index in [1.165, 1.54) is 19.2 Å². The number of ether oxygens (including phenoxy) is 1. The van der Waals surface area contributed by atoms with E-state index in [0.717, 1.165) is 11.1 Å². The summed E-state index contributed by atoms with van der Waals surface area (Å²) in [6, 6.07) is 9.73. The number of methoxy groups -OCH3 is 1. The molecule has 0 aliphatic heterocycles. The van der Waals surface area contributed by atoms with Crippen LogP contribution in [0.4, 0.5) is 10.1 Å². The minimum absolute atomic E-state index is 0.0958. The molecule has 0 aliphatic rings. The van der Waals surface area contributed by atoms with Crippen molar-refractivity contribution in [3.63, 3.8) is 0 Å². The van der Waals surface area contributed by atoms with Gasteiger partial charge in [0, 0.05) is 12.2 Å². The van der Waals surface area contributed by atoms with Crippen molar-refractivity contribution in [3.8, 4) is 5.75 Å². The second-order valence-electron chi connectivity index (χ2n) is 4.63. The van der Waals surface area contributed by atoms with E-state index in [1.54, 1.807) is 12.1 Å². The quantitative estimate of drug-likeness (QED) is 0.850. The van der Waals surface area contributed by atoms with Gasteiger partial charge in [0.15, 0.2) is 0 Å². The maximum absolute atomic E-state index is 13.8. The van der Waals surface area contributed by atoms with Crippen LogP contribution in [0, 0.1) is 12.7 Å². The van der Waals surface area contributed by atoms with Crippen molar-refractivity contribution < 1.29 is 13.9 Å². The molecule has 0 heterocycles. The number of halogens is 1. The maximum Gasteiger partial charge on any atom is 0.258 e. The SMILES string of the molecule is COc1cccc(F)c1C(=O)NCc1cccc(N)c1C. The molecule has 2 aromatic rings. The van der Waals surface area contributed by atoms with Crippen LogP contribution in [0.15, 0.2) is 36.4 Å². The van der Waals surface area contributed by atoms with E-state index in [-0.39, 0.29) is 17.9 Å². The minimum atomic E-state index is -0.615. The third-order valence-electron chi connectivity index (χ3n) is 3.35. The molecule has 5 heteroatoms. The predicted molar refractivity (Wildman–Crippen MR) is 79.7 cm³/mol. The molecular formula is C16H17FN2O2. The van der Waals surface area contributed by atoms with Crippen molar-refractivity contribution in [1.29, 1.82) is 0 Å². The molecule has 0 saturated heterocycles. The predicted octanol–water partition coefficient (Wildman–Crippen LogP) is 2.65. The average molecular weight is 288 g/mol. The van der Waals surface area contributed by atoms with Gasteiger partial charge in [-0.3, -0.25) is 4.79 Å². The summed E-state index contributed by atoms with van der Waals surface area (Å²) in [7, 11) is 1.40. The summed E-state index contributed by atoms with van der Waals surface area (Å²) in [6.45, 7) is 2.15. The normalized spacial score (nSPS) is 10.2. The molecule has 1 amide bonds. The van der Waals surface area contributed by atoms with Gasteiger partial charge in [-0.1, -0.05) is 18.2 Å². The number of anilines is 1. The number of nitrogen functional groups attached to an aromatic ring is 1. The topological polar surface area (TPSA) is 64.3 Å². The van der Waals surface area contributed by atoms with Gasteiger partial charge in [0.05, 0.1) is 7.11 Å². The van der Waals surface area contributed by atoms with E-state index in [2.05, 4.69) is 5.32 Å². The Labute approximate surface area is 122 Å². The van der Waals surface area contributed by atoms with Crippen LogP contribution in [0.5, 0.6) is 5.75 Å². The largest absolute Gasteiger partial charge is 0.496 e. The highest BCUT2D eigenvalue weighted by atomic mass is 19.1. The lowest BCUT2D eigenvalue weighted by Gasteiger charge is -2.12. The molecule has 2 rings (SSSR count). The number of carbonyl (C=O) groups is 1. The van der Waals surface area contributed by atoms with Crippen LogP contribution in [-0.2, 0) is 6.54 Å². The fraction of sp³-hybridized carbons (Fsp3) is 0.188. The molecule has 0 aromatic heterocycles. The van der Waals surface area contributed by atoms with Gasteiger partial charge in [-0.2, -0.15) is 0 Å². The zero-order valence-corrected chi connectivity index (χ0v) is 11.9. The Bertz CT molecular complexity index is 671. The Balaban J connectivity index is 2.18. The number of carbonyl (C=O) groups excluding carboxylic acids is 1. The summed E-state index contributed by atoms with van der Waals surface area (Å²) in [5, 5.41) is 2.68. The zero-order valence-electron chi connectivity index (χ0n) is 11.9. The Morgan fingerprint density at radius 1 is 1.29 bits per heavy atom. The van der Waals surface area contributed by atoms with Gasteiger partial charge in [0.25, 0.3) is 5.91 Å². The van der Waals surface area contributed by atoms with E-state index >= 15 is 0 Å². The summed E-state index contributed by atoms with van der Waals surface area (Å²) in [5.74, 6) is -0.931. The van der Waals surface area contributed by atoms with E-state index in [4.69, 9.17) is 10.5 Å². The average Bonchev–Trinajstić information content (AvgIpc) is 2.48. The third-order valence-corrected chi connectivity index (χ3v) is 3.35. The molecule has 0 bridgehead atoms. The summed E-state index contributed by atoms with van der Waals surface area (Å²) in [5.41, 5.74) is 8.17.